The molecule has 4 heteroatoms. The first-order chi connectivity index (χ1) is 8.11. The van der Waals surface area contributed by atoms with Crippen LogP contribution >= 0.6 is 0 Å². The summed E-state index contributed by atoms with van der Waals surface area (Å²) in [5, 5.41) is 13.8. The molecule has 0 spiro atoms. The van der Waals surface area contributed by atoms with Gasteiger partial charge in [0.05, 0.1) is 12.3 Å². The Morgan fingerprint density at radius 3 is 2.59 bits per heavy atom. The highest BCUT2D eigenvalue weighted by Gasteiger charge is 2.12. The van der Waals surface area contributed by atoms with Crippen molar-refractivity contribution in [2.24, 2.45) is 0 Å². The number of aliphatic hydroxyl groups excluding tert-OH is 1. The van der Waals surface area contributed by atoms with Gasteiger partial charge in [-0.1, -0.05) is 19.9 Å². The van der Waals surface area contributed by atoms with Crippen LogP contribution in [0.5, 0.6) is 0 Å². The van der Waals surface area contributed by atoms with Crippen molar-refractivity contribution in [2.45, 2.75) is 33.3 Å². The van der Waals surface area contributed by atoms with E-state index >= 15 is 0 Å². The highest BCUT2D eigenvalue weighted by Crippen LogP contribution is 2.19. The van der Waals surface area contributed by atoms with Crippen molar-refractivity contribution >= 4 is 0 Å². The molecule has 0 saturated carbocycles. The first kappa shape index (κ1) is 11.8. The molecule has 0 amide bonds. The maximum absolute atomic E-state index is 9.30. The summed E-state index contributed by atoms with van der Waals surface area (Å²) >= 11 is 0. The van der Waals surface area contributed by atoms with E-state index < -0.39 is 0 Å². The molecular weight excluding hydrogens is 214 g/mol. The highest BCUT2D eigenvalue weighted by molar-refractivity contribution is 5.28. The fourth-order valence-electron chi connectivity index (χ4n) is 1.74. The quantitative estimate of drug-likeness (QED) is 0.881. The van der Waals surface area contributed by atoms with Crippen LogP contribution in [0.3, 0.4) is 0 Å². The minimum Gasteiger partial charge on any atom is -0.392 e. The van der Waals surface area contributed by atoms with Gasteiger partial charge in [-0.15, -0.1) is 0 Å². The van der Waals surface area contributed by atoms with Crippen molar-refractivity contribution in [3.05, 3.63) is 41.3 Å². The van der Waals surface area contributed by atoms with E-state index in [4.69, 9.17) is 0 Å². The zero-order valence-electron chi connectivity index (χ0n) is 10.4. The molecule has 2 aromatic heterocycles. The summed E-state index contributed by atoms with van der Waals surface area (Å²) in [6.07, 6.45) is 3.65. The van der Waals surface area contributed by atoms with Crippen molar-refractivity contribution in [2.75, 3.05) is 0 Å². The number of hydrogen-bond acceptors (Lipinski definition) is 3. The number of aryl methyl sites for hydroxylation is 1. The van der Waals surface area contributed by atoms with Gasteiger partial charge in [0.1, 0.15) is 0 Å². The van der Waals surface area contributed by atoms with Crippen molar-refractivity contribution in [1.82, 2.24) is 14.8 Å². The summed E-state index contributed by atoms with van der Waals surface area (Å²) in [5.41, 5.74) is 2.91. The lowest BCUT2D eigenvalue weighted by atomic mass is 10.1. The third-order valence-electron chi connectivity index (χ3n) is 2.67. The first-order valence-electron chi connectivity index (χ1n) is 5.74. The first-order valence-corrected chi connectivity index (χ1v) is 5.74. The molecule has 0 bridgehead atoms. The van der Waals surface area contributed by atoms with Gasteiger partial charge in [-0.3, -0.25) is 0 Å². The fourth-order valence-corrected chi connectivity index (χ4v) is 1.74. The van der Waals surface area contributed by atoms with Crippen molar-refractivity contribution in [1.29, 1.82) is 0 Å². The Labute approximate surface area is 101 Å². The smallest absolute Gasteiger partial charge is 0.153 e. The predicted molar refractivity (Wildman–Crippen MR) is 66.1 cm³/mol. The van der Waals surface area contributed by atoms with Gasteiger partial charge in [0.2, 0.25) is 0 Å². The SMILES string of the molecule is Cc1ccc(-n2cc(CO)c(C(C)C)n2)nc1. The molecule has 2 aromatic rings. The number of aromatic nitrogens is 3. The molecule has 4 nitrogen and oxygen atoms in total. The molecule has 0 radical (unpaired) electrons. The molecule has 90 valence electrons. The number of nitrogens with zero attached hydrogens (tertiary/aromatic N) is 3. The van der Waals surface area contributed by atoms with Gasteiger partial charge in [-0.05, 0) is 24.5 Å². The summed E-state index contributed by atoms with van der Waals surface area (Å²) in [6, 6.07) is 3.92. The number of pyridine rings is 1. The standard InChI is InChI=1S/C13H17N3O/c1-9(2)13-11(8-17)7-16(15-13)12-5-4-10(3)6-14-12/h4-7,9,17H,8H2,1-3H3. The van der Waals surface area contributed by atoms with Crippen LogP contribution in [0.1, 0.15) is 36.6 Å². The van der Waals surface area contributed by atoms with E-state index in [2.05, 4.69) is 23.9 Å². The average molecular weight is 231 g/mol. The zero-order chi connectivity index (χ0) is 12.4. The van der Waals surface area contributed by atoms with Crippen molar-refractivity contribution < 1.29 is 5.11 Å². The summed E-state index contributed by atoms with van der Waals surface area (Å²) in [6.45, 7) is 6.14. The molecule has 0 fully saturated rings. The van der Waals surface area contributed by atoms with Gasteiger partial charge in [-0.2, -0.15) is 5.10 Å². The normalized spacial score (nSPS) is 11.1. The molecule has 1 N–H and O–H groups in total. The largest absolute Gasteiger partial charge is 0.392 e. The van der Waals surface area contributed by atoms with Crippen LogP contribution in [-0.2, 0) is 6.61 Å². The van der Waals surface area contributed by atoms with E-state index in [1.165, 1.54) is 0 Å². The van der Waals surface area contributed by atoms with Crippen LogP contribution in [0, 0.1) is 6.92 Å². The molecule has 2 rings (SSSR count). The molecule has 2 heterocycles. The summed E-state index contributed by atoms with van der Waals surface area (Å²) < 4.78 is 1.72. The van der Waals surface area contributed by atoms with E-state index in [1.807, 2.05) is 31.5 Å². The fraction of sp³-hybridized carbons (Fsp3) is 0.385. The Morgan fingerprint density at radius 2 is 2.12 bits per heavy atom. The van der Waals surface area contributed by atoms with Crippen LogP contribution in [0.4, 0.5) is 0 Å². The highest BCUT2D eigenvalue weighted by atomic mass is 16.3. The van der Waals surface area contributed by atoms with E-state index in [1.54, 1.807) is 4.68 Å². The van der Waals surface area contributed by atoms with Crippen LogP contribution in [0.15, 0.2) is 24.5 Å². The van der Waals surface area contributed by atoms with Crippen molar-refractivity contribution in [3.8, 4) is 5.82 Å². The van der Waals surface area contributed by atoms with E-state index in [9.17, 15) is 5.11 Å². The third kappa shape index (κ3) is 2.36. The topological polar surface area (TPSA) is 50.9 Å². The Balaban J connectivity index is 2.42. The minimum absolute atomic E-state index is 0.0133. The second kappa shape index (κ2) is 4.67. The Kier molecular flexibility index (Phi) is 3.24. The summed E-state index contributed by atoms with van der Waals surface area (Å²) in [5.74, 6) is 1.07. The van der Waals surface area contributed by atoms with Gasteiger partial charge in [0, 0.05) is 18.0 Å². The molecule has 0 aromatic carbocycles. The van der Waals surface area contributed by atoms with Crippen LogP contribution in [-0.4, -0.2) is 19.9 Å². The van der Waals surface area contributed by atoms with Crippen LogP contribution < -0.4 is 0 Å². The van der Waals surface area contributed by atoms with Crippen LogP contribution in [0.2, 0.25) is 0 Å². The molecule has 0 atom stereocenters. The Morgan fingerprint density at radius 1 is 1.35 bits per heavy atom. The van der Waals surface area contributed by atoms with Crippen LogP contribution in [0.25, 0.3) is 5.82 Å². The third-order valence-corrected chi connectivity index (χ3v) is 2.67. The van der Waals surface area contributed by atoms with E-state index in [0.29, 0.717) is 5.92 Å². The average Bonchev–Trinajstić information content (AvgIpc) is 2.74. The monoisotopic (exact) mass is 231 g/mol. The van der Waals surface area contributed by atoms with Gasteiger partial charge in [0.25, 0.3) is 0 Å². The zero-order valence-corrected chi connectivity index (χ0v) is 10.4. The Hall–Kier alpha value is -1.68. The lowest BCUT2D eigenvalue weighted by Gasteiger charge is -2.02. The summed E-state index contributed by atoms with van der Waals surface area (Å²) in [4.78, 5) is 4.32. The van der Waals surface area contributed by atoms with Crippen molar-refractivity contribution in [3.63, 3.8) is 0 Å². The molecule has 17 heavy (non-hydrogen) atoms. The second-order valence-corrected chi connectivity index (χ2v) is 4.49. The summed E-state index contributed by atoms with van der Waals surface area (Å²) in [7, 11) is 0. The van der Waals surface area contributed by atoms with Gasteiger partial charge in [0.15, 0.2) is 5.82 Å². The van der Waals surface area contributed by atoms with Gasteiger partial charge >= 0.3 is 0 Å². The molecule has 0 aliphatic rings. The van der Waals surface area contributed by atoms with E-state index in [0.717, 1.165) is 22.6 Å². The Bertz CT molecular complexity index is 500. The van der Waals surface area contributed by atoms with Gasteiger partial charge < -0.3 is 5.11 Å². The molecule has 0 aliphatic heterocycles. The number of rotatable bonds is 3. The number of hydrogen-bond donors (Lipinski definition) is 1. The molecule has 0 saturated heterocycles. The maximum atomic E-state index is 9.30. The lowest BCUT2D eigenvalue weighted by molar-refractivity contribution is 0.280. The molecular formula is C13H17N3O. The predicted octanol–water partition coefficient (Wildman–Crippen LogP) is 2.19. The molecule has 0 unspecified atom stereocenters. The second-order valence-electron chi connectivity index (χ2n) is 4.49. The maximum Gasteiger partial charge on any atom is 0.153 e. The van der Waals surface area contributed by atoms with E-state index in [-0.39, 0.29) is 6.61 Å². The number of aliphatic hydroxyl groups is 1. The molecule has 0 aliphatic carbocycles. The lowest BCUT2D eigenvalue weighted by Crippen LogP contribution is -1.99. The minimum atomic E-state index is 0.0133. The van der Waals surface area contributed by atoms with Gasteiger partial charge in [-0.25, -0.2) is 9.67 Å².